The minimum Gasteiger partial charge on any atom is -0.507 e. The fourth-order valence-electron chi connectivity index (χ4n) is 3.29. The lowest BCUT2D eigenvalue weighted by atomic mass is 10.0. The largest absolute Gasteiger partial charge is 0.507 e. The lowest BCUT2D eigenvalue weighted by molar-refractivity contribution is 0.101. The van der Waals surface area contributed by atoms with Crippen molar-refractivity contribution < 1.29 is 19.4 Å². The van der Waals surface area contributed by atoms with Gasteiger partial charge in [-0.1, -0.05) is 37.6 Å². The average molecular weight is 418 g/mol. The second-order valence-electron chi connectivity index (χ2n) is 7.19. The van der Waals surface area contributed by atoms with Crippen LogP contribution in [0.5, 0.6) is 23.0 Å². The molecule has 0 bridgehead atoms. The molecule has 0 aliphatic heterocycles. The Hall–Kier alpha value is -3.80. The van der Waals surface area contributed by atoms with Gasteiger partial charge in [0.25, 0.3) is 0 Å². The summed E-state index contributed by atoms with van der Waals surface area (Å²) in [5, 5.41) is 18.2. The number of para-hydroxylation sites is 1. The molecule has 0 radical (unpaired) electrons. The lowest BCUT2D eigenvalue weighted by Gasteiger charge is -2.15. The quantitative estimate of drug-likeness (QED) is 0.251. The topological polar surface area (TPSA) is 106 Å². The molecule has 0 unspecified atom stereocenters. The zero-order valence-electron chi connectivity index (χ0n) is 17.6. The maximum atomic E-state index is 11.7. The molecule has 6 heteroatoms. The summed E-state index contributed by atoms with van der Waals surface area (Å²) in [5.41, 5.74) is 7.96. The second-order valence-corrected chi connectivity index (χ2v) is 7.19. The van der Waals surface area contributed by atoms with Crippen LogP contribution in [0.15, 0.2) is 60.7 Å². The van der Waals surface area contributed by atoms with E-state index in [4.69, 9.17) is 20.6 Å². The van der Waals surface area contributed by atoms with Crippen LogP contribution in [0.25, 0.3) is 0 Å². The number of carbonyl (C=O) groups is 1. The summed E-state index contributed by atoms with van der Waals surface area (Å²) in [5.74, 6) is 1.40. The number of carbonyl (C=O) groups excluding carboxylic acids is 1. The Bertz CT molecular complexity index is 1110. The molecular weight excluding hydrogens is 392 g/mol. The van der Waals surface area contributed by atoms with Crippen molar-refractivity contribution in [3.63, 3.8) is 0 Å². The molecular formula is C25H26N2O4. The lowest BCUT2D eigenvalue weighted by Crippen LogP contribution is -2.12. The van der Waals surface area contributed by atoms with Gasteiger partial charge in [0.05, 0.1) is 11.1 Å². The minimum atomic E-state index is -0.183. The van der Waals surface area contributed by atoms with Crippen LogP contribution in [-0.2, 0) is 13.0 Å². The van der Waals surface area contributed by atoms with E-state index in [1.165, 1.54) is 6.92 Å². The third-order valence-electron chi connectivity index (χ3n) is 4.82. The number of rotatable bonds is 9. The molecule has 0 aliphatic rings. The summed E-state index contributed by atoms with van der Waals surface area (Å²) >= 11 is 0. The monoisotopic (exact) mass is 418 g/mol. The predicted octanol–water partition coefficient (Wildman–Crippen LogP) is 5.20. The van der Waals surface area contributed by atoms with Crippen LogP contribution in [0.4, 0.5) is 0 Å². The Labute approximate surface area is 181 Å². The molecule has 0 fully saturated rings. The van der Waals surface area contributed by atoms with Gasteiger partial charge in [-0.3, -0.25) is 10.2 Å². The van der Waals surface area contributed by atoms with Gasteiger partial charge in [-0.15, -0.1) is 0 Å². The SMILES string of the molecule is CCCc1c(OCc2cccc(Oc3ccccc3C(=N)N)c2)ccc(C(C)=O)c1O. The molecule has 0 aliphatic carbocycles. The van der Waals surface area contributed by atoms with Gasteiger partial charge >= 0.3 is 0 Å². The van der Waals surface area contributed by atoms with Gasteiger partial charge in [0.2, 0.25) is 0 Å². The number of hydrogen-bond donors (Lipinski definition) is 3. The van der Waals surface area contributed by atoms with E-state index in [0.29, 0.717) is 40.4 Å². The fraction of sp³-hybridized carbons (Fsp3) is 0.200. The second kappa shape index (κ2) is 9.80. The number of phenolic OH excluding ortho intramolecular Hbond substituents is 1. The van der Waals surface area contributed by atoms with E-state index in [-0.39, 0.29) is 24.0 Å². The fourth-order valence-corrected chi connectivity index (χ4v) is 3.29. The van der Waals surface area contributed by atoms with Gasteiger partial charge in [-0.25, -0.2) is 0 Å². The summed E-state index contributed by atoms with van der Waals surface area (Å²) in [6.07, 6.45) is 1.41. The van der Waals surface area contributed by atoms with Crippen LogP contribution >= 0.6 is 0 Å². The zero-order valence-corrected chi connectivity index (χ0v) is 17.6. The smallest absolute Gasteiger partial charge is 0.163 e. The number of phenols is 1. The van der Waals surface area contributed by atoms with Crippen molar-refractivity contribution in [1.82, 2.24) is 0 Å². The van der Waals surface area contributed by atoms with E-state index in [1.54, 1.807) is 30.3 Å². The number of amidine groups is 1. The van der Waals surface area contributed by atoms with Crippen LogP contribution in [-0.4, -0.2) is 16.7 Å². The molecule has 160 valence electrons. The summed E-state index contributed by atoms with van der Waals surface area (Å²) < 4.78 is 11.9. The number of ether oxygens (including phenoxy) is 2. The molecule has 0 saturated carbocycles. The number of nitrogens with one attached hydrogen (secondary N) is 1. The summed E-state index contributed by atoms with van der Waals surface area (Å²) in [7, 11) is 0. The molecule has 3 aromatic carbocycles. The molecule has 0 saturated heterocycles. The first-order valence-corrected chi connectivity index (χ1v) is 10.1. The average Bonchev–Trinajstić information content (AvgIpc) is 2.74. The van der Waals surface area contributed by atoms with Crippen LogP contribution in [0.2, 0.25) is 0 Å². The molecule has 3 aromatic rings. The molecule has 6 nitrogen and oxygen atoms in total. The number of nitrogens with two attached hydrogens (primary N) is 1. The van der Waals surface area contributed by atoms with Gasteiger partial charge < -0.3 is 20.3 Å². The molecule has 0 atom stereocenters. The van der Waals surface area contributed by atoms with Gasteiger partial charge in [-0.2, -0.15) is 0 Å². The highest BCUT2D eigenvalue weighted by Gasteiger charge is 2.16. The third kappa shape index (κ3) is 5.22. The molecule has 0 aromatic heterocycles. The van der Waals surface area contributed by atoms with E-state index >= 15 is 0 Å². The molecule has 0 heterocycles. The minimum absolute atomic E-state index is 0.00947. The molecule has 4 N–H and O–H groups in total. The first-order valence-electron chi connectivity index (χ1n) is 10.1. The summed E-state index contributed by atoms with van der Waals surface area (Å²) in [6.45, 7) is 3.70. The van der Waals surface area contributed by atoms with Gasteiger partial charge in [0.1, 0.15) is 35.4 Å². The Balaban J connectivity index is 1.79. The number of nitrogen functional groups attached to an aromatic ring is 1. The predicted molar refractivity (Wildman–Crippen MR) is 120 cm³/mol. The van der Waals surface area contributed by atoms with Crippen molar-refractivity contribution in [2.45, 2.75) is 33.3 Å². The summed E-state index contributed by atoms with van der Waals surface area (Å²) in [6, 6.07) is 17.9. The number of hydrogen-bond acceptors (Lipinski definition) is 5. The Morgan fingerprint density at radius 2 is 1.81 bits per heavy atom. The maximum absolute atomic E-state index is 11.7. The van der Waals surface area contributed by atoms with Gasteiger partial charge in [-0.05, 0) is 55.3 Å². The maximum Gasteiger partial charge on any atom is 0.163 e. The summed E-state index contributed by atoms with van der Waals surface area (Å²) in [4.78, 5) is 11.7. The highest BCUT2D eigenvalue weighted by molar-refractivity contribution is 5.98. The standard InChI is InChI=1S/C25H26N2O4/c1-3-7-20-22(13-12-19(16(2)28)24(20)29)30-15-17-8-6-9-18(14-17)31-23-11-5-4-10-21(23)25(26)27/h4-6,8-14,29H,3,7,15H2,1-2H3,(H3,26,27). The van der Waals surface area contributed by atoms with Crippen molar-refractivity contribution in [2.75, 3.05) is 0 Å². The normalized spacial score (nSPS) is 10.5. The zero-order chi connectivity index (χ0) is 22.4. The van der Waals surface area contributed by atoms with E-state index in [1.807, 2.05) is 37.3 Å². The number of aromatic hydroxyl groups is 1. The van der Waals surface area contributed by atoms with Crippen molar-refractivity contribution >= 4 is 11.6 Å². The van der Waals surface area contributed by atoms with Gasteiger partial charge in [0.15, 0.2) is 5.78 Å². The van der Waals surface area contributed by atoms with E-state index in [9.17, 15) is 9.90 Å². The molecule has 0 spiro atoms. The first kappa shape index (κ1) is 21.9. The third-order valence-corrected chi connectivity index (χ3v) is 4.82. The van der Waals surface area contributed by atoms with E-state index in [2.05, 4.69) is 0 Å². The van der Waals surface area contributed by atoms with Crippen LogP contribution < -0.4 is 15.2 Å². The Kier molecular flexibility index (Phi) is 6.92. The van der Waals surface area contributed by atoms with Crippen molar-refractivity contribution in [2.24, 2.45) is 5.73 Å². The molecule has 31 heavy (non-hydrogen) atoms. The van der Waals surface area contributed by atoms with Crippen molar-refractivity contribution in [1.29, 1.82) is 5.41 Å². The van der Waals surface area contributed by atoms with Crippen LogP contribution in [0.1, 0.15) is 47.3 Å². The van der Waals surface area contributed by atoms with Gasteiger partial charge in [0, 0.05) is 5.56 Å². The highest BCUT2D eigenvalue weighted by atomic mass is 16.5. The Morgan fingerprint density at radius 1 is 1.03 bits per heavy atom. The first-order chi connectivity index (χ1) is 14.9. The van der Waals surface area contributed by atoms with Crippen molar-refractivity contribution in [3.05, 3.63) is 82.9 Å². The molecule has 0 amide bonds. The Morgan fingerprint density at radius 3 is 2.52 bits per heavy atom. The number of ketones is 1. The highest BCUT2D eigenvalue weighted by Crippen LogP contribution is 2.34. The van der Waals surface area contributed by atoms with Crippen LogP contribution in [0.3, 0.4) is 0 Å². The van der Waals surface area contributed by atoms with E-state index < -0.39 is 0 Å². The van der Waals surface area contributed by atoms with E-state index in [0.717, 1.165) is 12.0 Å². The van der Waals surface area contributed by atoms with Crippen LogP contribution in [0, 0.1) is 5.41 Å². The number of Topliss-reactive ketones (excluding diaryl/α,β-unsaturated/α-hetero) is 1. The molecule has 3 rings (SSSR count). The number of benzene rings is 3. The van der Waals surface area contributed by atoms with Crippen molar-refractivity contribution in [3.8, 4) is 23.0 Å².